The normalized spacial score (nSPS) is 14.4. The molecule has 1 aliphatic heterocycles. The largest absolute Gasteiger partial charge is 0.478 e. The number of likely N-dealkylation sites (tertiary alicyclic amines) is 1. The molecule has 0 bridgehead atoms. The van der Waals surface area contributed by atoms with Gasteiger partial charge in [0.2, 0.25) is 5.90 Å². The number of rotatable bonds is 8. The van der Waals surface area contributed by atoms with Gasteiger partial charge >= 0.3 is 0 Å². The molecule has 0 atom stereocenters. The predicted octanol–water partition coefficient (Wildman–Crippen LogP) is 4.13. The molecular formula is C21H27N3O. The minimum atomic E-state index is 0.248. The van der Waals surface area contributed by atoms with E-state index < -0.39 is 0 Å². The average molecular weight is 337 g/mol. The Bertz CT molecular complexity index is 666. The minimum Gasteiger partial charge on any atom is -0.478 e. The van der Waals surface area contributed by atoms with E-state index in [0.717, 1.165) is 30.8 Å². The van der Waals surface area contributed by atoms with Gasteiger partial charge in [0, 0.05) is 18.8 Å². The highest BCUT2D eigenvalue weighted by Crippen LogP contribution is 2.17. The quantitative estimate of drug-likeness (QED) is 0.433. The van der Waals surface area contributed by atoms with Gasteiger partial charge in [0.1, 0.15) is 0 Å². The summed E-state index contributed by atoms with van der Waals surface area (Å²) in [5.41, 5.74) is 2.98. The van der Waals surface area contributed by atoms with Crippen molar-refractivity contribution in [3.63, 3.8) is 0 Å². The van der Waals surface area contributed by atoms with E-state index in [9.17, 15) is 0 Å². The van der Waals surface area contributed by atoms with Crippen molar-refractivity contribution < 1.29 is 4.74 Å². The van der Waals surface area contributed by atoms with Gasteiger partial charge in [0.15, 0.2) is 0 Å². The van der Waals surface area contributed by atoms with Crippen LogP contribution in [-0.4, -0.2) is 37.0 Å². The van der Waals surface area contributed by atoms with Gasteiger partial charge in [-0.2, -0.15) is 0 Å². The molecule has 1 heterocycles. The van der Waals surface area contributed by atoms with Crippen molar-refractivity contribution in [1.82, 2.24) is 4.90 Å². The lowest BCUT2D eigenvalue weighted by Gasteiger charge is -2.16. The Morgan fingerprint density at radius 2 is 1.72 bits per heavy atom. The van der Waals surface area contributed by atoms with Crippen LogP contribution in [-0.2, 0) is 11.3 Å². The summed E-state index contributed by atoms with van der Waals surface area (Å²) >= 11 is 0. The Kier molecular flexibility index (Phi) is 6.46. The molecule has 0 aromatic heterocycles. The molecule has 2 N–H and O–H groups in total. The van der Waals surface area contributed by atoms with Crippen LogP contribution in [0.1, 0.15) is 30.4 Å². The summed E-state index contributed by atoms with van der Waals surface area (Å²) in [4.78, 5) is 2.47. The Morgan fingerprint density at radius 1 is 1.00 bits per heavy atom. The van der Waals surface area contributed by atoms with E-state index in [1.807, 2.05) is 42.5 Å². The van der Waals surface area contributed by atoms with E-state index in [0.29, 0.717) is 6.61 Å². The zero-order valence-corrected chi connectivity index (χ0v) is 14.7. The molecule has 0 unspecified atom stereocenters. The molecule has 4 nitrogen and oxygen atoms in total. The third-order valence-electron chi connectivity index (χ3n) is 4.56. The average Bonchev–Trinajstić information content (AvgIpc) is 3.18. The van der Waals surface area contributed by atoms with Crippen LogP contribution >= 0.6 is 0 Å². The fourth-order valence-corrected chi connectivity index (χ4v) is 3.17. The second-order valence-electron chi connectivity index (χ2n) is 6.46. The molecule has 132 valence electrons. The minimum absolute atomic E-state index is 0.248. The molecule has 0 saturated carbocycles. The number of anilines is 1. The summed E-state index contributed by atoms with van der Waals surface area (Å²) in [5.74, 6) is 0.248. The van der Waals surface area contributed by atoms with Crippen LogP contribution < -0.4 is 5.32 Å². The van der Waals surface area contributed by atoms with Gasteiger partial charge < -0.3 is 15.0 Å². The first kappa shape index (κ1) is 17.5. The lowest BCUT2D eigenvalue weighted by Crippen LogP contribution is -2.22. The first-order valence-electron chi connectivity index (χ1n) is 9.14. The molecule has 1 saturated heterocycles. The van der Waals surface area contributed by atoms with Gasteiger partial charge in [-0.3, -0.25) is 5.41 Å². The van der Waals surface area contributed by atoms with Crippen molar-refractivity contribution in [2.45, 2.75) is 25.8 Å². The lowest BCUT2D eigenvalue weighted by atomic mass is 10.1. The maximum Gasteiger partial charge on any atom is 0.215 e. The molecule has 0 radical (unpaired) electrons. The highest BCUT2D eigenvalue weighted by Gasteiger charge is 2.12. The monoisotopic (exact) mass is 337 g/mol. The van der Waals surface area contributed by atoms with E-state index in [1.165, 1.54) is 31.5 Å². The number of nitrogens with zero attached hydrogens (tertiary/aromatic N) is 1. The van der Waals surface area contributed by atoms with Crippen LogP contribution in [0.5, 0.6) is 0 Å². The molecule has 0 amide bonds. The van der Waals surface area contributed by atoms with Crippen LogP contribution in [0, 0.1) is 5.41 Å². The van der Waals surface area contributed by atoms with Crippen LogP contribution in [0.3, 0.4) is 0 Å². The Hall–Kier alpha value is -2.33. The standard InChI is InChI=1S/C21H27N3O/c22-21(25-16-8-15-24-13-6-7-14-24)19-11-4-5-12-20(19)23-17-18-9-2-1-3-10-18/h1-5,9-12,22-23H,6-8,13-17H2. The van der Waals surface area contributed by atoms with E-state index in [1.54, 1.807) is 0 Å². The van der Waals surface area contributed by atoms with Crippen LogP contribution in [0.15, 0.2) is 54.6 Å². The molecular weight excluding hydrogens is 310 g/mol. The maximum absolute atomic E-state index is 8.27. The van der Waals surface area contributed by atoms with Crippen molar-refractivity contribution in [2.75, 3.05) is 31.6 Å². The summed E-state index contributed by atoms with van der Waals surface area (Å²) in [5, 5.41) is 11.7. The van der Waals surface area contributed by atoms with Gasteiger partial charge in [0.25, 0.3) is 0 Å². The highest BCUT2D eigenvalue weighted by atomic mass is 16.5. The molecule has 4 heteroatoms. The van der Waals surface area contributed by atoms with Crippen molar-refractivity contribution in [3.05, 3.63) is 65.7 Å². The second-order valence-corrected chi connectivity index (χ2v) is 6.46. The summed E-state index contributed by atoms with van der Waals surface area (Å²) in [6.45, 7) is 4.83. The molecule has 2 aromatic rings. The third kappa shape index (κ3) is 5.33. The Balaban J connectivity index is 1.49. The first-order chi connectivity index (χ1) is 12.3. The Labute approximate surface area is 150 Å². The van der Waals surface area contributed by atoms with Crippen molar-refractivity contribution in [1.29, 1.82) is 5.41 Å². The smallest absolute Gasteiger partial charge is 0.215 e. The number of hydrogen-bond acceptors (Lipinski definition) is 4. The van der Waals surface area contributed by atoms with Crippen LogP contribution in [0.4, 0.5) is 5.69 Å². The van der Waals surface area contributed by atoms with Crippen molar-refractivity contribution in [2.24, 2.45) is 0 Å². The fourth-order valence-electron chi connectivity index (χ4n) is 3.17. The zero-order valence-electron chi connectivity index (χ0n) is 14.7. The van der Waals surface area contributed by atoms with Crippen LogP contribution in [0.25, 0.3) is 0 Å². The van der Waals surface area contributed by atoms with Gasteiger partial charge in [-0.1, -0.05) is 42.5 Å². The van der Waals surface area contributed by atoms with Crippen molar-refractivity contribution in [3.8, 4) is 0 Å². The lowest BCUT2D eigenvalue weighted by molar-refractivity contribution is 0.254. The highest BCUT2D eigenvalue weighted by molar-refractivity contribution is 5.97. The molecule has 1 fully saturated rings. The SMILES string of the molecule is N=C(OCCCN1CCCC1)c1ccccc1NCc1ccccc1. The van der Waals surface area contributed by atoms with E-state index >= 15 is 0 Å². The van der Waals surface area contributed by atoms with E-state index in [4.69, 9.17) is 10.1 Å². The number of benzene rings is 2. The Morgan fingerprint density at radius 3 is 2.52 bits per heavy atom. The topological polar surface area (TPSA) is 48.4 Å². The van der Waals surface area contributed by atoms with Gasteiger partial charge in [-0.05, 0) is 50.0 Å². The zero-order chi connectivity index (χ0) is 17.3. The van der Waals surface area contributed by atoms with E-state index in [-0.39, 0.29) is 5.90 Å². The van der Waals surface area contributed by atoms with E-state index in [2.05, 4.69) is 22.3 Å². The number of hydrogen-bond donors (Lipinski definition) is 2. The molecule has 2 aromatic carbocycles. The molecule has 1 aliphatic rings. The summed E-state index contributed by atoms with van der Waals surface area (Å²) in [6, 6.07) is 18.1. The van der Waals surface area contributed by atoms with Gasteiger partial charge in [-0.25, -0.2) is 0 Å². The predicted molar refractivity (Wildman–Crippen MR) is 103 cm³/mol. The van der Waals surface area contributed by atoms with Gasteiger partial charge in [0.05, 0.1) is 12.2 Å². The number of ether oxygens (including phenoxy) is 1. The second kappa shape index (κ2) is 9.23. The summed E-state index contributed by atoms with van der Waals surface area (Å²) in [7, 11) is 0. The summed E-state index contributed by atoms with van der Waals surface area (Å²) < 4.78 is 5.70. The van der Waals surface area contributed by atoms with Crippen molar-refractivity contribution >= 4 is 11.6 Å². The molecule has 25 heavy (non-hydrogen) atoms. The van der Waals surface area contributed by atoms with Gasteiger partial charge in [-0.15, -0.1) is 0 Å². The molecule has 0 aliphatic carbocycles. The fraction of sp³-hybridized carbons (Fsp3) is 0.381. The third-order valence-corrected chi connectivity index (χ3v) is 4.56. The summed E-state index contributed by atoms with van der Waals surface area (Å²) in [6.07, 6.45) is 3.61. The van der Waals surface area contributed by atoms with Crippen LogP contribution in [0.2, 0.25) is 0 Å². The maximum atomic E-state index is 8.27. The molecule has 3 rings (SSSR count). The number of para-hydroxylation sites is 1. The molecule has 0 spiro atoms. The number of nitrogens with one attached hydrogen (secondary N) is 2. The first-order valence-corrected chi connectivity index (χ1v) is 9.14.